The quantitative estimate of drug-likeness (QED) is 0.434. The van der Waals surface area contributed by atoms with E-state index in [1.165, 1.54) is 6.08 Å². The highest BCUT2D eigenvalue weighted by molar-refractivity contribution is 5.85. The van der Waals surface area contributed by atoms with Crippen LogP contribution in [0.2, 0.25) is 0 Å². The summed E-state index contributed by atoms with van der Waals surface area (Å²) in [5, 5.41) is 0. The highest BCUT2D eigenvalue weighted by atomic mass is 35.5. The third-order valence-electron chi connectivity index (χ3n) is 1.61. The normalized spacial score (nSPS) is 9.53. The summed E-state index contributed by atoms with van der Waals surface area (Å²) < 4.78 is 4.83. The molecule has 0 unspecified atom stereocenters. The van der Waals surface area contributed by atoms with Crippen LogP contribution in [0, 0.1) is 0 Å². The third kappa shape index (κ3) is 9.68. The van der Waals surface area contributed by atoms with Gasteiger partial charge in [0.25, 0.3) is 0 Å². The summed E-state index contributed by atoms with van der Waals surface area (Å²) in [6.07, 6.45) is 1.54. The molecule has 6 heteroatoms. The number of halogens is 1. The van der Waals surface area contributed by atoms with Crippen molar-refractivity contribution in [2.75, 3.05) is 39.3 Å². The van der Waals surface area contributed by atoms with Crippen LogP contribution in [0.15, 0.2) is 12.7 Å². The van der Waals surface area contributed by atoms with E-state index in [1.54, 1.807) is 0 Å². The van der Waals surface area contributed by atoms with Crippen molar-refractivity contribution in [1.82, 2.24) is 4.90 Å². The first-order valence-electron chi connectivity index (χ1n) is 4.63. The monoisotopic (exact) mass is 237 g/mol. The Labute approximate surface area is 96.8 Å². The molecule has 5 nitrogen and oxygen atoms in total. The standard InChI is InChI=1S/C9H19N3O2.ClH/c1-2-7-14-9(13)8-12(5-3-10)6-4-11;/h2H,1,3-8,10-11H2;1H. The number of nitrogens with two attached hydrogens (primary N) is 2. The van der Waals surface area contributed by atoms with Crippen LogP contribution in [0.3, 0.4) is 0 Å². The number of carbonyl (C=O) groups is 1. The van der Waals surface area contributed by atoms with Gasteiger partial charge in [-0.1, -0.05) is 12.7 Å². The number of hydrogen-bond acceptors (Lipinski definition) is 5. The van der Waals surface area contributed by atoms with E-state index < -0.39 is 0 Å². The smallest absolute Gasteiger partial charge is 0.320 e. The fraction of sp³-hybridized carbons (Fsp3) is 0.667. The van der Waals surface area contributed by atoms with Crippen molar-refractivity contribution in [2.24, 2.45) is 11.5 Å². The Bertz CT molecular complexity index is 173. The van der Waals surface area contributed by atoms with Crippen LogP contribution in [0.4, 0.5) is 0 Å². The van der Waals surface area contributed by atoms with E-state index >= 15 is 0 Å². The van der Waals surface area contributed by atoms with Crippen LogP contribution >= 0.6 is 12.4 Å². The predicted octanol–water partition coefficient (Wildman–Crippen LogP) is -0.643. The van der Waals surface area contributed by atoms with Gasteiger partial charge in [0.15, 0.2) is 0 Å². The minimum atomic E-state index is -0.271. The number of nitrogens with zero attached hydrogens (tertiary/aromatic N) is 1. The molecule has 15 heavy (non-hydrogen) atoms. The van der Waals surface area contributed by atoms with Gasteiger partial charge in [0.05, 0.1) is 6.54 Å². The molecule has 0 saturated carbocycles. The molecule has 0 bridgehead atoms. The number of carbonyl (C=O) groups excluding carboxylic acids is 1. The van der Waals surface area contributed by atoms with Crippen LogP contribution < -0.4 is 11.5 Å². The van der Waals surface area contributed by atoms with Crippen molar-refractivity contribution >= 4 is 18.4 Å². The third-order valence-corrected chi connectivity index (χ3v) is 1.61. The fourth-order valence-electron chi connectivity index (χ4n) is 1.02. The molecule has 0 spiro atoms. The lowest BCUT2D eigenvalue weighted by Gasteiger charge is -2.19. The van der Waals surface area contributed by atoms with Crippen LogP contribution in [-0.4, -0.2) is 50.2 Å². The van der Waals surface area contributed by atoms with Crippen molar-refractivity contribution in [1.29, 1.82) is 0 Å². The Morgan fingerprint density at radius 2 is 1.87 bits per heavy atom. The molecule has 0 aromatic heterocycles. The second-order valence-electron chi connectivity index (χ2n) is 2.83. The van der Waals surface area contributed by atoms with Gasteiger partial charge in [-0.05, 0) is 0 Å². The van der Waals surface area contributed by atoms with Crippen LogP contribution in [-0.2, 0) is 9.53 Å². The largest absolute Gasteiger partial charge is 0.461 e. The molecule has 90 valence electrons. The van der Waals surface area contributed by atoms with Gasteiger partial charge in [0, 0.05) is 26.2 Å². The summed E-state index contributed by atoms with van der Waals surface area (Å²) in [6.45, 7) is 6.26. The maximum Gasteiger partial charge on any atom is 0.320 e. The molecular formula is C9H20ClN3O2. The SMILES string of the molecule is C=CCOC(=O)CN(CCN)CCN.Cl. The molecule has 0 aliphatic heterocycles. The fourth-order valence-corrected chi connectivity index (χ4v) is 1.02. The summed E-state index contributed by atoms with van der Waals surface area (Å²) in [7, 11) is 0. The summed E-state index contributed by atoms with van der Waals surface area (Å²) in [6, 6.07) is 0. The zero-order valence-corrected chi connectivity index (χ0v) is 9.67. The average Bonchev–Trinajstić information content (AvgIpc) is 2.15. The molecule has 0 fully saturated rings. The van der Waals surface area contributed by atoms with E-state index in [1.807, 2.05) is 4.90 Å². The number of rotatable bonds is 8. The van der Waals surface area contributed by atoms with Crippen molar-refractivity contribution in [2.45, 2.75) is 0 Å². The molecule has 0 heterocycles. The zero-order valence-electron chi connectivity index (χ0n) is 8.85. The molecule has 0 radical (unpaired) electrons. The molecule has 0 rings (SSSR count). The molecule has 0 aliphatic carbocycles. The van der Waals surface area contributed by atoms with Gasteiger partial charge in [0.2, 0.25) is 0 Å². The second kappa shape index (κ2) is 11.5. The lowest BCUT2D eigenvalue weighted by atomic mass is 10.4. The zero-order chi connectivity index (χ0) is 10.8. The van der Waals surface area contributed by atoms with Gasteiger partial charge < -0.3 is 16.2 Å². The van der Waals surface area contributed by atoms with Crippen molar-refractivity contribution < 1.29 is 9.53 Å². The lowest BCUT2D eigenvalue weighted by Crippen LogP contribution is -2.38. The van der Waals surface area contributed by atoms with Crippen molar-refractivity contribution in [3.63, 3.8) is 0 Å². The minimum absolute atomic E-state index is 0. The highest BCUT2D eigenvalue weighted by Gasteiger charge is 2.09. The van der Waals surface area contributed by atoms with Gasteiger partial charge in [-0.15, -0.1) is 12.4 Å². The molecule has 0 amide bonds. The summed E-state index contributed by atoms with van der Waals surface area (Å²) in [4.78, 5) is 13.0. The maximum atomic E-state index is 11.2. The number of esters is 1. The minimum Gasteiger partial charge on any atom is -0.461 e. The van der Waals surface area contributed by atoms with Crippen molar-refractivity contribution in [3.8, 4) is 0 Å². The van der Waals surface area contributed by atoms with Crippen molar-refractivity contribution in [3.05, 3.63) is 12.7 Å². The first-order chi connectivity index (χ1) is 6.74. The van der Waals surface area contributed by atoms with Gasteiger partial charge in [-0.25, -0.2) is 0 Å². The molecule has 0 saturated heterocycles. The van der Waals surface area contributed by atoms with Gasteiger partial charge >= 0.3 is 5.97 Å². The van der Waals surface area contributed by atoms with Gasteiger partial charge in [0.1, 0.15) is 6.61 Å². The predicted molar refractivity (Wildman–Crippen MR) is 63.0 cm³/mol. The molecule has 0 aliphatic rings. The molecular weight excluding hydrogens is 218 g/mol. The average molecular weight is 238 g/mol. The lowest BCUT2D eigenvalue weighted by molar-refractivity contribution is -0.143. The van der Waals surface area contributed by atoms with E-state index in [4.69, 9.17) is 16.2 Å². The van der Waals surface area contributed by atoms with E-state index in [2.05, 4.69) is 6.58 Å². The van der Waals surface area contributed by atoms with Crippen LogP contribution in [0.1, 0.15) is 0 Å². The summed E-state index contributed by atoms with van der Waals surface area (Å²) in [5.74, 6) is -0.271. The Morgan fingerprint density at radius 1 is 1.33 bits per heavy atom. The van der Waals surface area contributed by atoms with Crippen LogP contribution in [0.25, 0.3) is 0 Å². The maximum absolute atomic E-state index is 11.2. The van der Waals surface area contributed by atoms with Gasteiger partial charge in [-0.3, -0.25) is 9.69 Å². The molecule has 4 N–H and O–H groups in total. The first kappa shape index (κ1) is 16.8. The number of hydrogen-bond donors (Lipinski definition) is 2. The molecule has 0 atom stereocenters. The van der Waals surface area contributed by atoms with E-state index in [0.717, 1.165) is 0 Å². The Balaban J connectivity index is 0. The summed E-state index contributed by atoms with van der Waals surface area (Å²) in [5.41, 5.74) is 10.8. The van der Waals surface area contributed by atoms with Crippen LogP contribution in [0.5, 0.6) is 0 Å². The number of ether oxygens (including phenoxy) is 1. The second-order valence-corrected chi connectivity index (χ2v) is 2.83. The Kier molecular flexibility index (Phi) is 12.8. The Morgan fingerprint density at radius 3 is 2.27 bits per heavy atom. The first-order valence-corrected chi connectivity index (χ1v) is 4.63. The highest BCUT2D eigenvalue weighted by Crippen LogP contribution is 1.88. The summed E-state index contributed by atoms with van der Waals surface area (Å²) >= 11 is 0. The molecule has 0 aromatic carbocycles. The molecule has 0 aromatic rings. The topological polar surface area (TPSA) is 81.6 Å². The van der Waals surface area contributed by atoms with E-state index in [0.29, 0.717) is 26.2 Å². The van der Waals surface area contributed by atoms with Gasteiger partial charge in [-0.2, -0.15) is 0 Å². The van der Waals surface area contributed by atoms with E-state index in [-0.39, 0.29) is 31.5 Å². The Hall–Kier alpha value is -0.620. The van der Waals surface area contributed by atoms with E-state index in [9.17, 15) is 4.79 Å².